The van der Waals surface area contributed by atoms with Crippen LogP contribution < -0.4 is 10.3 Å². The highest BCUT2D eigenvalue weighted by molar-refractivity contribution is 7.98. The lowest BCUT2D eigenvalue weighted by Gasteiger charge is -2.06. The van der Waals surface area contributed by atoms with Crippen molar-refractivity contribution >= 4 is 21.8 Å². The predicted molar refractivity (Wildman–Crippen MR) is 74.5 cm³/mol. The molecule has 0 saturated carbocycles. The maximum absolute atomic E-state index is 11.8. The summed E-state index contributed by atoms with van der Waals surface area (Å²) >= 11 is 1.79. The van der Waals surface area contributed by atoms with Gasteiger partial charge in [-0.25, -0.2) is 13.1 Å². The first-order chi connectivity index (χ1) is 8.56. The summed E-state index contributed by atoms with van der Waals surface area (Å²) in [7, 11) is -3.50. The van der Waals surface area contributed by atoms with Gasteiger partial charge in [0.25, 0.3) is 0 Å². The number of aromatic nitrogens is 1. The fourth-order valence-electron chi connectivity index (χ4n) is 1.40. The van der Waals surface area contributed by atoms with E-state index < -0.39 is 10.0 Å². The molecular formula is C11H18N2O3S2. The van der Waals surface area contributed by atoms with Gasteiger partial charge in [-0.3, -0.25) is 4.79 Å². The number of sulfonamides is 1. The first-order valence-corrected chi connectivity index (χ1v) is 8.61. The number of nitrogens with one attached hydrogen (secondary N) is 2. The smallest absolute Gasteiger partial charge is 0.247 e. The molecule has 18 heavy (non-hydrogen) atoms. The number of H-pyrrole nitrogens is 1. The van der Waals surface area contributed by atoms with Crippen LogP contribution in [0.4, 0.5) is 0 Å². The van der Waals surface area contributed by atoms with Crippen LogP contribution in [0.15, 0.2) is 28.0 Å². The van der Waals surface area contributed by atoms with Crippen LogP contribution in [-0.4, -0.2) is 32.0 Å². The van der Waals surface area contributed by atoms with Crippen LogP contribution in [0.1, 0.15) is 19.3 Å². The molecule has 0 amide bonds. The molecule has 0 radical (unpaired) electrons. The summed E-state index contributed by atoms with van der Waals surface area (Å²) in [5.41, 5.74) is -0.314. The normalized spacial score (nSPS) is 11.6. The molecular weight excluding hydrogens is 272 g/mol. The maximum atomic E-state index is 11.8. The van der Waals surface area contributed by atoms with Crippen LogP contribution in [0.5, 0.6) is 0 Å². The summed E-state index contributed by atoms with van der Waals surface area (Å²) in [6, 6.07) is 2.50. The zero-order valence-electron chi connectivity index (χ0n) is 10.3. The van der Waals surface area contributed by atoms with Crippen LogP contribution in [0, 0.1) is 0 Å². The van der Waals surface area contributed by atoms with Gasteiger partial charge in [0.15, 0.2) is 0 Å². The van der Waals surface area contributed by atoms with Gasteiger partial charge in [-0.05, 0) is 30.9 Å². The van der Waals surface area contributed by atoms with Gasteiger partial charge in [-0.2, -0.15) is 11.8 Å². The Bertz CT molecular complexity index is 491. The third-order valence-corrected chi connectivity index (χ3v) is 4.54. The Hall–Kier alpha value is -0.790. The lowest BCUT2D eigenvalue weighted by Crippen LogP contribution is -2.25. The first kappa shape index (κ1) is 15.3. The van der Waals surface area contributed by atoms with Gasteiger partial charge in [0.1, 0.15) is 0 Å². The standard InChI is InChI=1S/C11H18N2O3S2/c1-17-8-4-2-3-7-13-18(15,16)10-5-6-11(14)12-9-10/h5-6,9,13H,2-4,7-8H2,1H3,(H,12,14). The summed E-state index contributed by atoms with van der Waals surface area (Å²) in [4.78, 5) is 13.3. The van der Waals surface area contributed by atoms with Gasteiger partial charge in [0.05, 0.1) is 4.90 Å². The maximum Gasteiger partial charge on any atom is 0.247 e. The highest BCUT2D eigenvalue weighted by Crippen LogP contribution is 2.05. The molecule has 0 unspecified atom stereocenters. The van der Waals surface area contributed by atoms with E-state index in [0.29, 0.717) is 6.54 Å². The van der Waals surface area contributed by atoms with Crippen molar-refractivity contribution in [2.24, 2.45) is 0 Å². The molecule has 0 aliphatic heterocycles. The van der Waals surface area contributed by atoms with Crippen molar-refractivity contribution in [3.8, 4) is 0 Å². The summed E-state index contributed by atoms with van der Waals surface area (Å²) in [6.45, 7) is 0.426. The molecule has 1 aromatic rings. The summed E-state index contributed by atoms with van der Waals surface area (Å²) in [5, 5.41) is 0. The largest absolute Gasteiger partial charge is 0.328 e. The van der Waals surface area contributed by atoms with Gasteiger partial charge >= 0.3 is 0 Å². The number of thioether (sulfide) groups is 1. The minimum Gasteiger partial charge on any atom is -0.328 e. The third kappa shape index (κ3) is 5.24. The van der Waals surface area contributed by atoms with Crippen molar-refractivity contribution in [2.45, 2.75) is 24.2 Å². The van der Waals surface area contributed by atoms with Crippen LogP contribution in [0.2, 0.25) is 0 Å². The van der Waals surface area contributed by atoms with Gasteiger partial charge in [-0.15, -0.1) is 0 Å². The quantitative estimate of drug-likeness (QED) is 0.705. The Morgan fingerprint density at radius 2 is 2.06 bits per heavy atom. The molecule has 5 nitrogen and oxygen atoms in total. The molecule has 0 aromatic carbocycles. The van der Waals surface area contributed by atoms with Gasteiger partial charge in [0, 0.05) is 18.8 Å². The Kier molecular flexibility index (Phi) is 6.45. The van der Waals surface area contributed by atoms with Crippen LogP contribution in [0.3, 0.4) is 0 Å². The molecule has 2 N–H and O–H groups in total. The number of rotatable bonds is 8. The van der Waals surface area contributed by atoms with E-state index in [1.807, 2.05) is 0 Å². The van der Waals surface area contributed by atoms with Gasteiger partial charge < -0.3 is 4.98 Å². The van der Waals surface area contributed by atoms with Crippen LogP contribution in [0.25, 0.3) is 0 Å². The molecule has 102 valence electrons. The average molecular weight is 290 g/mol. The number of hydrogen-bond donors (Lipinski definition) is 2. The van der Waals surface area contributed by atoms with E-state index in [1.54, 1.807) is 11.8 Å². The number of aromatic amines is 1. The number of pyridine rings is 1. The van der Waals surface area contributed by atoms with Crippen molar-refractivity contribution in [1.82, 2.24) is 9.71 Å². The molecule has 1 aromatic heterocycles. The predicted octanol–water partition coefficient (Wildman–Crippen LogP) is 1.19. The molecule has 0 saturated heterocycles. The lowest BCUT2D eigenvalue weighted by molar-refractivity contribution is 0.575. The number of hydrogen-bond acceptors (Lipinski definition) is 4. The second-order valence-electron chi connectivity index (χ2n) is 3.84. The van der Waals surface area contributed by atoms with Crippen molar-refractivity contribution in [3.05, 3.63) is 28.7 Å². The molecule has 0 atom stereocenters. The molecule has 7 heteroatoms. The van der Waals surface area contributed by atoms with E-state index >= 15 is 0 Å². The van der Waals surface area contributed by atoms with E-state index in [4.69, 9.17) is 0 Å². The minimum atomic E-state index is -3.50. The molecule has 1 heterocycles. The van der Waals surface area contributed by atoms with Crippen LogP contribution in [-0.2, 0) is 10.0 Å². The first-order valence-electron chi connectivity index (χ1n) is 5.73. The number of unbranched alkanes of at least 4 members (excludes halogenated alkanes) is 2. The van der Waals surface area contributed by atoms with E-state index in [9.17, 15) is 13.2 Å². The van der Waals surface area contributed by atoms with Crippen molar-refractivity contribution in [2.75, 3.05) is 18.6 Å². The lowest BCUT2D eigenvalue weighted by atomic mass is 10.2. The van der Waals surface area contributed by atoms with Crippen molar-refractivity contribution < 1.29 is 8.42 Å². The molecule has 0 bridgehead atoms. The molecule has 0 aliphatic rings. The SMILES string of the molecule is CSCCCCCNS(=O)(=O)c1ccc(=O)[nH]c1. The third-order valence-electron chi connectivity index (χ3n) is 2.38. The second kappa shape index (κ2) is 7.60. The Labute approximate surface area is 111 Å². The topological polar surface area (TPSA) is 79.0 Å². The Morgan fingerprint density at radius 1 is 1.28 bits per heavy atom. The van der Waals surface area contributed by atoms with Crippen LogP contribution >= 0.6 is 11.8 Å². The highest BCUT2D eigenvalue weighted by Gasteiger charge is 2.12. The monoisotopic (exact) mass is 290 g/mol. The minimum absolute atomic E-state index is 0.0891. The summed E-state index contributed by atoms with van der Waals surface area (Å²) in [6.07, 6.45) is 6.19. The van der Waals surface area contributed by atoms with E-state index in [1.165, 1.54) is 18.3 Å². The summed E-state index contributed by atoms with van der Waals surface area (Å²) in [5.74, 6) is 1.10. The summed E-state index contributed by atoms with van der Waals surface area (Å²) < 4.78 is 26.1. The zero-order chi connectivity index (χ0) is 13.4. The van der Waals surface area contributed by atoms with E-state index in [-0.39, 0.29) is 10.5 Å². The fourth-order valence-corrected chi connectivity index (χ4v) is 2.94. The molecule has 1 rings (SSSR count). The fraction of sp³-hybridized carbons (Fsp3) is 0.545. The molecule has 0 fully saturated rings. The van der Waals surface area contributed by atoms with Gasteiger partial charge in [-0.1, -0.05) is 6.42 Å². The zero-order valence-corrected chi connectivity index (χ0v) is 11.9. The second-order valence-corrected chi connectivity index (χ2v) is 6.59. The Balaban J connectivity index is 2.41. The molecule has 0 aliphatic carbocycles. The average Bonchev–Trinajstić information content (AvgIpc) is 2.34. The highest BCUT2D eigenvalue weighted by atomic mass is 32.2. The van der Waals surface area contributed by atoms with Crippen molar-refractivity contribution in [1.29, 1.82) is 0 Å². The molecule has 0 spiro atoms. The Morgan fingerprint density at radius 3 is 2.67 bits per heavy atom. The van der Waals surface area contributed by atoms with E-state index in [0.717, 1.165) is 25.0 Å². The van der Waals surface area contributed by atoms with Crippen molar-refractivity contribution in [3.63, 3.8) is 0 Å². The van der Waals surface area contributed by atoms with Gasteiger partial charge in [0.2, 0.25) is 15.6 Å². The van der Waals surface area contributed by atoms with E-state index in [2.05, 4.69) is 16.0 Å².